The maximum atomic E-state index is 12.7. The first-order valence-electron chi connectivity index (χ1n) is 7.94. The van der Waals surface area contributed by atoms with Crippen LogP contribution < -0.4 is 5.56 Å². The predicted molar refractivity (Wildman–Crippen MR) is 102 cm³/mol. The molecule has 25 heavy (non-hydrogen) atoms. The van der Waals surface area contributed by atoms with Crippen LogP contribution in [-0.4, -0.2) is 9.67 Å². The largest absolute Gasteiger partial charge is 0.507 e. The molecular weight excluding hydrogens is 357 g/mol. The predicted octanol–water partition coefficient (Wildman–Crippen LogP) is 4.69. The third-order valence-electron chi connectivity index (χ3n) is 4.11. The summed E-state index contributed by atoms with van der Waals surface area (Å²) >= 11 is 12.1. The van der Waals surface area contributed by atoms with Crippen molar-refractivity contribution in [3.63, 3.8) is 0 Å². The van der Waals surface area contributed by atoms with Gasteiger partial charge in [0, 0.05) is 29.2 Å². The minimum absolute atomic E-state index is 0.0213. The number of hydrogen-bond acceptors (Lipinski definition) is 2. The van der Waals surface area contributed by atoms with Gasteiger partial charge in [0.2, 0.25) is 0 Å². The fourth-order valence-electron chi connectivity index (χ4n) is 2.70. The van der Waals surface area contributed by atoms with Gasteiger partial charge in [-0.05, 0) is 35.7 Å². The highest BCUT2D eigenvalue weighted by atomic mass is 35.5. The molecule has 0 atom stereocenters. The summed E-state index contributed by atoms with van der Waals surface area (Å²) in [6, 6.07) is 16.6. The molecule has 0 aliphatic carbocycles. The van der Waals surface area contributed by atoms with Crippen LogP contribution in [0.1, 0.15) is 16.7 Å². The van der Waals surface area contributed by atoms with E-state index in [0.717, 1.165) is 17.5 Å². The number of aryl methyl sites for hydroxylation is 2. The lowest BCUT2D eigenvalue weighted by atomic mass is 10.1. The summed E-state index contributed by atoms with van der Waals surface area (Å²) in [5.41, 5.74) is 2.03. The van der Waals surface area contributed by atoms with E-state index in [9.17, 15) is 9.90 Å². The zero-order chi connectivity index (χ0) is 17.8. The summed E-state index contributed by atoms with van der Waals surface area (Å²) in [7, 11) is 0. The molecule has 2 aromatic carbocycles. The topological polar surface area (TPSA) is 42.2 Å². The number of aromatic nitrogens is 1. The SMILES string of the molecule is O=c1c(Cc2ccc(Cl)cc2Cl)c(O)ccn1CCc1ccccc1. The van der Waals surface area contributed by atoms with Crippen LogP contribution in [0.15, 0.2) is 65.6 Å². The molecule has 0 saturated heterocycles. The van der Waals surface area contributed by atoms with E-state index in [-0.39, 0.29) is 17.7 Å². The van der Waals surface area contributed by atoms with Crippen molar-refractivity contribution in [2.75, 3.05) is 0 Å². The summed E-state index contributed by atoms with van der Waals surface area (Å²) < 4.78 is 1.62. The zero-order valence-corrected chi connectivity index (χ0v) is 15.0. The van der Waals surface area contributed by atoms with Crippen molar-refractivity contribution in [2.45, 2.75) is 19.4 Å². The molecule has 1 N–H and O–H groups in total. The molecule has 1 heterocycles. The number of benzene rings is 2. The van der Waals surface area contributed by atoms with Crippen molar-refractivity contribution in [3.8, 4) is 5.75 Å². The van der Waals surface area contributed by atoms with Gasteiger partial charge in [0.25, 0.3) is 5.56 Å². The van der Waals surface area contributed by atoms with Crippen molar-refractivity contribution >= 4 is 23.2 Å². The van der Waals surface area contributed by atoms with Crippen molar-refractivity contribution < 1.29 is 5.11 Å². The molecule has 0 aliphatic rings. The first-order chi connectivity index (χ1) is 12.0. The normalized spacial score (nSPS) is 10.8. The Bertz CT molecular complexity index is 936. The average molecular weight is 374 g/mol. The number of nitrogens with zero attached hydrogens (tertiary/aromatic N) is 1. The molecule has 1 aromatic heterocycles. The van der Waals surface area contributed by atoms with Crippen LogP contribution in [0.5, 0.6) is 5.75 Å². The number of halogens is 2. The molecule has 0 radical (unpaired) electrons. The Labute approximate surface area is 156 Å². The molecule has 0 unspecified atom stereocenters. The Morgan fingerprint density at radius 1 is 1.00 bits per heavy atom. The molecule has 3 aromatic rings. The third kappa shape index (κ3) is 4.25. The molecule has 0 saturated carbocycles. The van der Waals surface area contributed by atoms with Crippen molar-refractivity contribution in [1.29, 1.82) is 0 Å². The summed E-state index contributed by atoms with van der Waals surface area (Å²) in [4.78, 5) is 12.7. The minimum Gasteiger partial charge on any atom is -0.507 e. The van der Waals surface area contributed by atoms with Gasteiger partial charge in [-0.15, -0.1) is 0 Å². The molecular formula is C20H17Cl2NO2. The first kappa shape index (κ1) is 17.6. The van der Waals surface area contributed by atoms with Crippen molar-refractivity contribution in [3.05, 3.63) is 97.9 Å². The fourth-order valence-corrected chi connectivity index (χ4v) is 3.18. The average Bonchev–Trinajstić information content (AvgIpc) is 2.60. The molecule has 0 bridgehead atoms. The fraction of sp³-hybridized carbons (Fsp3) is 0.150. The Balaban J connectivity index is 1.86. The quantitative estimate of drug-likeness (QED) is 0.704. The Hall–Kier alpha value is -2.23. The number of pyridine rings is 1. The van der Waals surface area contributed by atoms with Crippen LogP contribution in [-0.2, 0) is 19.4 Å². The van der Waals surface area contributed by atoms with Gasteiger partial charge in [-0.1, -0.05) is 59.6 Å². The second-order valence-corrected chi connectivity index (χ2v) is 6.67. The van der Waals surface area contributed by atoms with Gasteiger partial charge in [-0.25, -0.2) is 0 Å². The number of rotatable bonds is 5. The second-order valence-electron chi connectivity index (χ2n) is 5.83. The standard InChI is InChI=1S/C20H17Cl2NO2/c21-16-7-6-15(18(22)13-16)12-17-19(24)9-11-23(20(17)25)10-8-14-4-2-1-3-5-14/h1-7,9,11,13,24H,8,10,12H2. The van der Waals surface area contributed by atoms with E-state index in [0.29, 0.717) is 22.2 Å². The van der Waals surface area contributed by atoms with Crippen LogP contribution >= 0.6 is 23.2 Å². The van der Waals surface area contributed by atoms with E-state index in [1.807, 2.05) is 30.3 Å². The molecule has 0 aliphatic heterocycles. The summed E-state index contributed by atoms with van der Waals surface area (Å²) in [5.74, 6) is -0.0213. The van der Waals surface area contributed by atoms with Gasteiger partial charge in [0.1, 0.15) is 5.75 Å². The molecule has 0 spiro atoms. The van der Waals surface area contributed by atoms with Gasteiger partial charge in [0.15, 0.2) is 0 Å². The first-order valence-corrected chi connectivity index (χ1v) is 8.69. The maximum absolute atomic E-state index is 12.7. The van der Waals surface area contributed by atoms with Crippen molar-refractivity contribution in [1.82, 2.24) is 4.57 Å². The molecule has 3 rings (SSSR count). The van der Waals surface area contributed by atoms with Gasteiger partial charge in [-0.3, -0.25) is 4.79 Å². The van der Waals surface area contributed by atoms with Crippen LogP contribution in [0.4, 0.5) is 0 Å². The summed E-state index contributed by atoms with van der Waals surface area (Å²) in [6.45, 7) is 0.546. The van der Waals surface area contributed by atoms with E-state index in [1.54, 1.807) is 35.0 Å². The monoisotopic (exact) mass is 373 g/mol. The molecule has 3 nitrogen and oxygen atoms in total. The highest BCUT2D eigenvalue weighted by molar-refractivity contribution is 6.35. The van der Waals surface area contributed by atoms with Gasteiger partial charge in [0.05, 0.1) is 5.56 Å². The van der Waals surface area contributed by atoms with Crippen LogP contribution in [0.3, 0.4) is 0 Å². The zero-order valence-electron chi connectivity index (χ0n) is 13.5. The van der Waals surface area contributed by atoms with Crippen molar-refractivity contribution in [2.24, 2.45) is 0 Å². The van der Waals surface area contributed by atoms with E-state index in [4.69, 9.17) is 23.2 Å². The number of aromatic hydroxyl groups is 1. The third-order valence-corrected chi connectivity index (χ3v) is 4.69. The Morgan fingerprint density at radius 3 is 2.48 bits per heavy atom. The molecule has 0 fully saturated rings. The van der Waals surface area contributed by atoms with Gasteiger partial charge in [-0.2, -0.15) is 0 Å². The minimum atomic E-state index is -0.207. The smallest absolute Gasteiger partial charge is 0.257 e. The molecule has 5 heteroatoms. The Morgan fingerprint density at radius 2 is 1.76 bits per heavy atom. The highest BCUT2D eigenvalue weighted by Crippen LogP contribution is 2.25. The molecule has 0 amide bonds. The highest BCUT2D eigenvalue weighted by Gasteiger charge is 2.12. The van der Waals surface area contributed by atoms with Crippen LogP contribution in [0.25, 0.3) is 0 Å². The summed E-state index contributed by atoms with van der Waals surface area (Å²) in [6.07, 6.45) is 2.62. The van der Waals surface area contributed by atoms with Gasteiger partial charge < -0.3 is 9.67 Å². The van der Waals surface area contributed by atoms with Gasteiger partial charge >= 0.3 is 0 Å². The second kappa shape index (κ2) is 7.77. The van der Waals surface area contributed by atoms with E-state index in [2.05, 4.69) is 0 Å². The lowest BCUT2D eigenvalue weighted by Crippen LogP contribution is -2.24. The van der Waals surface area contributed by atoms with E-state index >= 15 is 0 Å². The van der Waals surface area contributed by atoms with Crippen LogP contribution in [0.2, 0.25) is 10.0 Å². The number of hydrogen-bond donors (Lipinski definition) is 1. The van der Waals surface area contributed by atoms with Crippen LogP contribution in [0, 0.1) is 0 Å². The lowest BCUT2D eigenvalue weighted by molar-refractivity contribution is 0.463. The Kier molecular flexibility index (Phi) is 5.47. The summed E-state index contributed by atoms with van der Waals surface area (Å²) in [5, 5.41) is 11.1. The maximum Gasteiger partial charge on any atom is 0.257 e. The lowest BCUT2D eigenvalue weighted by Gasteiger charge is -2.11. The molecule has 128 valence electrons. The van der Waals surface area contributed by atoms with E-state index < -0.39 is 0 Å². The van der Waals surface area contributed by atoms with E-state index in [1.165, 1.54) is 0 Å².